The maximum absolute atomic E-state index is 6.15. The summed E-state index contributed by atoms with van der Waals surface area (Å²) in [6.07, 6.45) is 3.25. The normalized spacial score (nSPS) is 10.6. The Labute approximate surface area is 133 Å². The van der Waals surface area contributed by atoms with E-state index in [1.807, 2.05) is 30.3 Å². The third-order valence-corrected chi connectivity index (χ3v) is 3.74. The highest BCUT2D eigenvalue weighted by Crippen LogP contribution is 2.32. The Kier molecular flexibility index (Phi) is 4.02. The van der Waals surface area contributed by atoms with Crippen LogP contribution in [0, 0.1) is 6.92 Å². The van der Waals surface area contributed by atoms with E-state index in [0.717, 1.165) is 33.8 Å². The smallest absolute Gasteiger partial charge is 0.116 e. The van der Waals surface area contributed by atoms with Gasteiger partial charge in [0, 0.05) is 16.8 Å². The first-order chi connectivity index (χ1) is 10.7. The largest absolute Gasteiger partial charge is 0.353 e. The average molecular weight is 311 g/mol. The Morgan fingerprint density at radius 3 is 2.86 bits per heavy atom. The van der Waals surface area contributed by atoms with Crippen molar-refractivity contribution < 1.29 is 0 Å². The van der Waals surface area contributed by atoms with Crippen LogP contribution in [-0.2, 0) is 6.54 Å². The van der Waals surface area contributed by atoms with Gasteiger partial charge in [-0.25, -0.2) is 9.97 Å². The fourth-order valence-electron chi connectivity index (χ4n) is 2.43. The quantitative estimate of drug-likeness (QED) is 0.730. The predicted octanol–water partition coefficient (Wildman–Crippen LogP) is 4.30. The molecule has 0 aliphatic rings. The van der Waals surface area contributed by atoms with Crippen molar-refractivity contribution in [2.45, 2.75) is 13.5 Å². The second kappa shape index (κ2) is 6.12. The van der Waals surface area contributed by atoms with Gasteiger partial charge >= 0.3 is 0 Å². The summed E-state index contributed by atoms with van der Waals surface area (Å²) in [5.74, 6) is 0. The van der Waals surface area contributed by atoms with E-state index in [0.29, 0.717) is 11.6 Å². The fraction of sp³-hybridized carbons (Fsp3) is 0.118. The molecular formula is C17H15ClN4. The molecule has 0 radical (unpaired) electrons. The zero-order valence-electron chi connectivity index (χ0n) is 12.2. The number of nitrogens with one attached hydrogen (secondary N) is 1. The van der Waals surface area contributed by atoms with Gasteiger partial charge in [0.05, 0.1) is 23.6 Å². The number of aromatic nitrogens is 3. The van der Waals surface area contributed by atoms with Gasteiger partial charge in [-0.05, 0) is 49.0 Å². The lowest BCUT2D eigenvalue weighted by Gasteiger charge is -2.07. The van der Waals surface area contributed by atoms with Gasteiger partial charge in [-0.1, -0.05) is 17.7 Å². The molecule has 0 fully saturated rings. The second-order valence-electron chi connectivity index (χ2n) is 5.02. The van der Waals surface area contributed by atoms with E-state index in [9.17, 15) is 0 Å². The van der Waals surface area contributed by atoms with Gasteiger partial charge in [0.25, 0.3) is 0 Å². The minimum Gasteiger partial charge on any atom is -0.353 e. The molecule has 0 unspecified atom stereocenters. The summed E-state index contributed by atoms with van der Waals surface area (Å²) < 4.78 is 0. The molecule has 22 heavy (non-hydrogen) atoms. The highest BCUT2D eigenvalue weighted by atomic mass is 35.5. The number of hydrogen-bond acceptors (Lipinski definition) is 3. The van der Waals surface area contributed by atoms with E-state index in [-0.39, 0.29) is 0 Å². The molecule has 0 amide bonds. The third-order valence-electron chi connectivity index (χ3n) is 3.51. The van der Waals surface area contributed by atoms with E-state index < -0.39 is 0 Å². The van der Waals surface area contributed by atoms with Crippen molar-refractivity contribution in [2.24, 2.45) is 4.99 Å². The van der Waals surface area contributed by atoms with Crippen LogP contribution >= 0.6 is 11.6 Å². The lowest BCUT2D eigenvalue weighted by molar-refractivity contribution is 1.09. The monoisotopic (exact) mass is 310 g/mol. The Morgan fingerprint density at radius 2 is 2.14 bits per heavy atom. The number of H-pyrrole nitrogens is 1. The molecule has 0 bridgehead atoms. The van der Waals surface area contributed by atoms with Crippen LogP contribution in [0.15, 0.2) is 47.8 Å². The summed E-state index contributed by atoms with van der Waals surface area (Å²) in [7, 11) is 0. The van der Waals surface area contributed by atoms with Gasteiger partial charge in [0.2, 0.25) is 0 Å². The standard InChI is InChI=1S/C17H15ClN4/c1-11-3-4-13(18)8-14(11)17-12(9-19-2)7-16(22-17)15-5-6-20-10-21-15/h3-8,10,22H,2,9H2,1H3. The maximum Gasteiger partial charge on any atom is 0.116 e. The van der Waals surface area contributed by atoms with Crippen LogP contribution in [0.25, 0.3) is 22.6 Å². The van der Waals surface area contributed by atoms with Crippen LogP contribution < -0.4 is 0 Å². The topological polar surface area (TPSA) is 53.9 Å². The molecule has 3 aromatic rings. The number of rotatable bonds is 4. The van der Waals surface area contributed by atoms with Gasteiger partial charge in [0.1, 0.15) is 6.33 Å². The Balaban J connectivity index is 2.16. The zero-order valence-corrected chi connectivity index (χ0v) is 12.9. The van der Waals surface area contributed by atoms with Crippen LogP contribution in [0.4, 0.5) is 0 Å². The summed E-state index contributed by atoms with van der Waals surface area (Å²) >= 11 is 6.15. The van der Waals surface area contributed by atoms with E-state index in [2.05, 4.69) is 33.6 Å². The molecule has 2 heterocycles. The average Bonchev–Trinajstić information content (AvgIpc) is 2.95. The number of aliphatic imine (C=N–C) groups is 1. The molecule has 0 spiro atoms. The summed E-state index contributed by atoms with van der Waals surface area (Å²) in [5.41, 5.74) is 6.04. The lowest BCUT2D eigenvalue weighted by Crippen LogP contribution is -1.89. The fourth-order valence-corrected chi connectivity index (χ4v) is 2.61. The molecule has 5 heteroatoms. The number of benzene rings is 1. The molecule has 4 nitrogen and oxygen atoms in total. The number of hydrogen-bond donors (Lipinski definition) is 1. The molecule has 0 saturated carbocycles. The number of aryl methyl sites for hydroxylation is 1. The molecule has 2 aromatic heterocycles. The van der Waals surface area contributed by atoms with E-state index >= 15 is 0 Å². The Bertz CT molecular complexity index is 809. The Morgan fingerprint density at radius 1 is 1.27 bits per heavy atom. The van der Waals surface area contributed by atoms with Crippen molar-refractivity contribution in [3.8, 4) is 22.6 Å². The second-order valence-corrected chi connectivity index (χ2v) is 5.46. The lowest BCUT2D eigenvalue weighted by atomic mass is 10.0. The van der Waals surface area contributed by atoms with Gasteiger partial charge in [0.15, 0.2) is 0 Å². The summed E-state index contributed by atoms with van der Waals surface area (Å²) in [5, 5.41) is 0.705. The highest BCUT2D eigenvalue weighted by Gasteiger charge is 2.14. The summed E-state index contributed by atoms with van der Waals surface area (Å²) in [6.45, 7) is 6.19. The molecule has 0 aliphatic carbocycles. The van der Waals surface area contributed by atoms with E-state index in [4.69, 9.17) is 11.6 Å². The van der Waals surface area contributed by atoms with Crippen LogP contribution in [0.3, 0.4) is 0 Å². The minimum absolute atomic E-state index is 0.531. The molecular weight excluding hydrogens is 296 g/mol. The molecule has 3 rings (SSSR count). The molecule has 0 aliphatic heterocycles. The molecule has 1 aromatic carbocycles. The number of halogens is 1. The minimum atomic E-state index is 0.531. The third kappa shape index (κ3) is 2.78. The van der Waals surface area contributed by atoms with E-state index in [1.54, 1.807) is 6.20 Å². The van der Waals surface area contributed by atoms with Gasteiger partial charge in [-0.3, -0.25) is 4.99 Å². The van der Waals surface area contributed by atoms with E-state index in [1.165, 1.54) is 6.33 Å². The molecule has 110 valence electrons. The van der Waals surface area contributed by atoms with Gasteiger partial charge < -0.3 is 4.98 Å². The molecule has 0 atom stereocenters. The molecule has 1 N–H and O–H groups in total. The van der Waals surface area contributed by atoms with Crippen molar-refractivity contribution in [3.05, 3.63) is 59.0 Å². The summed E-state index contributed by atoms with van der Waals surface area (Å²) in [6, 6.07) is 9.77. The van der Waals surface area contributed by atoms with Crippen molar-refractivity contribution in [3.63, 3.8) is 0 Å². The Hall–Kier alpha value is -2.46. The van der Waals surface area contributed by atoms with Crippen LogP contribution in [0.5, 0.6) is 0 Å². The number of aromatic amines is 1. The van der Waals surface area contributed by atoms with Crippen LogP contribution in [0.1, 0.15) is 11.1 Å². The highest BCUT2D eigenvalue weighted by molar-refractivity contribution is 6.30. The van der Waals surface area contributed by atoms with Crippen molar-refractivity contribution in [1.29, 1.82) is 0 Å². The van der Waals surface area contributed by atoms with Gasteiger partial charge in [-0.15, -0.1) is 0 Å². The zero-order chi connectivity index (χ0) is 15.5. The van der Waals surface area contributed by atoms with Crippen molar-refractivity contribution >= 4 is 18.3 Å². The van der Waals surface area contributed by atoms with Gasteiger partial charge in [-0.2, -0.15) is 0 Å². The predicted molar refractivity (Wildman–Crippen MR) is 90.3 cm³/mol. The maximum atomic E-state index is 6.15. The van der Waals surface area contributed by atoms with Crippen LogP contribution in [0.2, 0.25) is 5.02 Å². The first-order valence-corrected chi connectivity index (χ1v) is 7.24. The van der Waals surface area contributed by atoms with Crippen molar-refractivity contribution in [2.75, 3.05) is 0 Å². The SMILES string of the molecule is C=NCc1cc(-c2ccncn2)[nH]c1-c1cc(Cl)ccc1C. The number of nitrogens with zero attached hydrogens (tertiary/aromatic N) is 3. The summed E-state index contributed by atoms with van der Waals surface area (Å²) in [4.78, 5) is 15.7. The first-order valence-electron chi connectivity index (χ1n) is 6.86. The molecule has 0 saturated heterocycles. The van der Waals surface area contributed by atoms with Crippen LogP contribution in [-0.4, -0.2) is 21.7 Å². The first kappa shape index (κ1) is 14.5. The van der Waals surface area contributed by atoms with Crippen molar-refractivity contribution in [1.82, 2.24) is 15.0 Å².